The molecule has 0 saturated heterocycles. The van der Waals surface area contributed by atoms with E-state index in [9.17, 15) is 4.39 Å². The largest absolute Gasteiger partial charge is 0.327 e. The highest BCUT2D eigenvalue weighted by atomic mass is 19.1. The van der Waals surface area contributed by atoms with Gasteiger partial charge < -0.3 is 5.73 Å². The van der Waals surface area contributed by atoms with Gasteiger partial charge in [-0.15, -0.1) is 0 Å². The first-order valence-corrected chi connectivity index (χ1v) is 5.94. The summed E-state index contributed by atoms with van der Waals surface area (Å²) in [5.74, 6) is 0.992. The maximum absolute atomic E-state index is 12.9. The van der Waals surface area contributed by atoms with E-state index in [0.717, 1.165) is 6.42 Å². The van der Waals surface area contributed by atoms with Gasteiger partial charge in [-0.1, -0.05) is 32.9 Å². The quantitative estimate of drug-likeness (QED) is 0.816. The fourth-order valence-electron chi connectivity index (χ4n) is 2.87. The van der Waals surface area contributed by atoms with E-state index in [2.05, 4.69) is 20.8 Å². The zero-order chi connectivity index (χ0) is 11.9. The molecule has 1 aliphatic carbocycles. The van der Waals surface area contributed by atoms with Crippen LogP contribution in [0.1, 0.15) is 32.8 Å². The van der Waals surface area contributed by atoms with Crippen molar-refractivity contribution >= 4 is 0 Å². The second-order valence-corrected chi connectivity index (χ2v) is 5.59. The summed E-state index contributed by atoms with van der Waals surface area (Å²) >= 11 is 0. The lowest BCUT2D eigenvalue weighted by atomic mass is 9.57. The Hall–Kier alpha value is -0.890. The fraction of sp³-hybridized carbons (Fsp3) is 0.571. The molecule has 1 aromatic carbocycles. The first kappa shape index (κ1) is 11.6. The van der Waals surface area contributed by atoms with Crippen LogP contribution in [-0.4, -0.2) is 6.04 Å². The summed E-state index contributed by atoms with van der Waals surface area (Å²) in [6.07, 6.45) is 1.07. The first-order chi connectivity index (χ1) is 7.43. The minimum absolute atomic E-state index is 0.0863. The molecule has 2 rings (SSSR count). The number of nitrogens with two attached hydrogens (primary N) is 1. The van der Waals surface area contributed by atoms with Crippen molar-refractivity contribution in [2.75, 3.05) is 0 Å². The smallest absolute Gasteiger partial charge is 0.123 e. The summed E-state index contributed by atoms with van der Waals surface area (Å²) in [6, 6.07) is 7.21. The van der Waals surface area contributed by atoms with Crippen molar-refractivity contribution < 1.29 is 4.39 Å². The van der Waals surface area contributed by atoms with Gasteiger partial charge in [-0.25, -0.2) is 4.39 Å². The van der Waals surface area contributed by atoms with E-state index < -0.39 is 0 Å². The third-order valence-electron chi connectivity index (χ3n) is 4.35. The lowest BCUT2D eigenvalue weighted by Gasteiger charge is -2.50. The van der Waals surface area contributed by atoms with Crippen molar-refractivity contribution in [2.45, 2.75) is 38.6 Å². The van der Waals surface area contributed by atoms with Gasteiger partial charge in [0.2, 0.25) is 0 Å². The minimum atomic E-state index is -0.169. The Labute approximate surface area is 96.9 Å². The van der Waals surface area contributed by atoms with Gasteiger partial charge in [0.25, 0.3) is 0 Å². The fourth-order valence-corrected chi connectivity index (χ4v) is 2.87. The third-order valence-corrected chi connectivity index (χ3v) is 4.35. The molecular weight excluding hydrogens is 201 g/mol. The minimum Gasteiger partial charge on any atom is -0.327 e. The standard InChI is InChI=1S/C14H20FN/c1-9-12(8-13(9)16)14(2,3)10-4-6-11(15)7-5-10/h4-7,9,12-13H,8,16H2,1-3H3. The highest BCUT2D eigenvalue weighted by Crippen LogP contribution is 2.46. The monoisotopic (exact) mass is 221 g/mol. The van der Waals surface area contributed by atoms with Gasteiger partial charge in [0.1, 0.15) is 5.82 Å². The van der Waals surface area contributed by atoms with Gasteiger partial charge in [0.05, 0.1) is 0 Å². The van der Waals surface area contributed by atoms with Gasteiger partial charge in [0.15, 0.2) is 0 Å². The van der Waals surface area contributed by atoms with Crippen molar-refractivity contribution in [2.24, 2.45) is 17.6 Å². The molecule has 88 valence electrons. The molecule has 0 aromatic heterocycles. The zero-order valence-electron chi connectivity index (χ0n) is 10.2. The van der Waals surface area contributed by atoms with Gasteiger partial charge in [-0.05, 0) is 41.4 Å². The Morgan fingerprint density at radius 2 is 1.81 bits per heavy atom. The topological polar surface area (TPSA) is 26.0 Å². The maximum Gasteiger partial charge on any atom is 0.123 e. The highest BCUT2D eigenvalue weighted by Gasteiger charge is 2.45. The van der Waals surface area contributed by atoms with Gasteiger partial charge in [0, 0.05) is 6.04 Å². The van der Waals surface area contributed by atoms with Crippen LogP contribution in [0.25, 0.3) is 0 Å². The molecule has 1 aliphatic rings. The maximum atomic E-state index is 12.9. The van der Waals surface area contributed by atoms with Crippen LogP contribution in [0.15, 0.2) is 24.3 Å². The predicted molar refractivity (Wildman–Crippen MR) is 64.7 cm³/mol. The number of halogens is 1. The Morgan fingerprint density at radius 1 is 1.25 bits per heavy atom. The summed E-state index contributed by atoms with van der Waals surface area (Å²) < 4.78 is 12.9. The average Bonchev–Trinajstić information content (AvgIpc) is 2.25. The number of benzene rings is 1. The Balaban J connectivity index is 2.22. The normalized spacial score (nSPS) is 29.9. The molecule has 1 saturated carbocycles. The lowest BCUT2D eigenvalue weighted by molar-refractivity contribution is 0.0802. The molecule has 1 aromatic rings. The predicted octanol–water partition coefficient (Wildman–Crippen LogP) is 3.09. The summed E-state index contributed by atoms with van der Waals surface area (Å²) in [5, 5.41) is 0. The number of rotatable bonds is 2. The van der Waals surface area contributed by atoms with Crippen molar-refractivity contribution in [1.29, 1.82) is 0 Å². The SMILES string of the molecule is CC1C(N)CC1C(C)(C)c1ccc(F)cc1. The van der Waals surface area contributed by atoms with Crippen molar-refractivity contribution in [3.63, 3.8) is 0 Å². The van der Waals surface area contributed by atoms with Crippen LogP contribution >= 0.6 is 0 Å². The molecule has 1 nitrogen and oxygen atoms in total. The van der Waals surface area contributed by atoms with E-state index in [-0.39, 0.29) is 11.2 Å². The van der Waals surface area contributed by atoms with Crippen LogP contribution in [0.3, 0.4) is 0 Å². The summed E-state index contributed by atoms with van der Waals surface area (Å²) in [7, 11) is 0. The van der Waals surface area contributed by atoms with E-state index in [0.29, 0.717) is 17.9 Å². The van der Waals surface area contributed by atoms with E-state index in [1.165, 1.54) is 5.56 Å². The van der Waals surface area contributed by atoms with Crippen LogP contribution in [-0.2, 0) is 5.41 Å². The van der Waals surface area contributed by atoms with Crippen molar-refractivity contribution in [1.82, 2.24) is 0 Å². The van der Waals surface area contributed by atoms with E-state index in [1.807, 2.05) is 12.1 Å². The highest BCUT2D eigenvalue weighted by molar-refractivity contribution is 5.27. The van der Waals surface area contributed by atoms with Crippen LogP contribution in [0.5, 0.6) is 0 Å². The van der Waals surface area contributed by atoms with E-state index in [1.54, 1.807) is 12.1 Å². The average molecular weight is 221 g/mol. The molecule has 3 atom stereocenters. The van der Waals surface area contributed by atoms with Crippen molar-refractivity contribution in [3.8, 4) is 0 Å². The molecule has 2 heteroatoms. The molecule has 0 amide bonds. The van der Waals surface area contributed by atoms with Crippen LogP contribution in [0.4, 0.5) is 4.39 Å². The molecule has 16 heavy (non-hydrogen) atoms. The molecule has 2 N–H and O–H groups in total. The van der Waals surface area contributed by atoms with Gasteiger partial charge >= 0.3 is 0 Å². The molecule has 3 unspecified atom stereocenters. The van der Waals surface area contributed by atoms with Crippen molar-refractivity contribution in [3.05, 3.63) is 35.6 Å². The third kappa shape index (κ3) is 1.75. The Bertz CT molecular complexity index is 369. The van der Waals surface area contributed by atoms with Gasteiger partial charge in [-0.3, -0.25) is 0 Å². The molecule has 0 bridgehead atoms. The number of hydrogen-bond donors (Lipinski definition) is 1. The van der Waals surface area contributed by atoms with Gasteiger partial charge in [-0.2, -0.15) is 0 Å². The summed E-state index contributed by atoms with van der Waals surface area (Å²) in [4.78, 5) is 0. The van der Waals surface area contributed by atoms with Crippen LogP contribution in [0.2, 0.25) is 0 Å². The van der Waals surface area contributed by atoms with E-state index >= 15 is 0 Å². The number of hydrogen-bond acceptors (Lipinski definition) is 1. The van der Waals surface area contributed by atoms with Crippen LogP contribution < -0.4 is 5.73 Å². The molecule has 0 radical (unpaired) electrons. The molecular formula is C14H20FN. The lowest BCUT2D eigenvalue weighted by Crippen LogP contribution is -2.53. The zero-order valence-corrected chi connectivity index (χ0v) is 10.2. The second kappa shape index (κ2) is 3.85. The first-order valence-electron chi connectivity index (χ1n) is 5.94. The molecule has 0 heterocycles. The molecule has 1 fully saturated rings. The summed E-state index contributed by atoms with van der Waals surface area (Å²) in [6.45, 7) is 6.67. The molecule has 0 spiro atoms. The Kier molecular flexibility index (Phi) is 2.79. The summed E-state index contributed by atoms with van der Waals surface area (Å²) in [5.41, 5.74) is 7.24. The second-order valence-electron chi connectivity index (χ2n) is 5.59. The van der Waals surface area contributed by atoms with Crippen LogP contribution in [0, 0.1) is 17.7 Å². The Morgan fingerprint density at radius 3 is 2.25 bits per heavy atom. The molecule has 0 aliphatic heterocycles. The van der Waals surface area contributed by atoms with E-state index in [4.69, 9.17) is 5.73 Å².